The topological polar surface area (TPSA) is 117 Å². The predicted octanol–water partition coefficient (Wildman–Crippen LogP) is 3.05. The van der Waals surface area contributed by atoms with Crippen molar-refractivity contribution in [1.82, 2.24) is 10.0 Å². The van der Waals surface area contributed by atoms with Crippen molar-refractivity contribution < 1.29 is 23.1 Å². The van der Waals surface area contributed by atoms with E-state index in [1.165, 1.54) is 0 Å². The Bertz CT molecular complexity index is 999. The molecule has 0 spiro atoms. The lowest BCUT2D eigenvalue weighted by Crippen LogP contribution is -2.51. The monoisotopic (exact) mass is 481 g/mol. The van der Waals surface area contributed by atoms with Gasteiger partial charge in [0.1, 0.15) is 0 Å². The summed E-state index contributed by atoms with van der Waals surface area (Å²) in [4.78, 5) is 12.2. The van der Waals surface area contributed by atoms with Crippen molar-refractivity contribution in [3.05, 3.63) is 59.1 Å². The van der Waals surface area contributed by atoms with E-state index in [0.717, 1.165) is 5.56 Å². The highest BCUT2D eigenvalue weighted by molar-refractivity contribution is 7.89. The summed E-state index contributed by atoms with van der Waals surface area (Å²) in [7, 11) is -3.71. The number of benzene rings is 2. The van der Waals surface area contributed by atoms with Gasteiger partial charge in [-0.25, -0.2) is 17.9 Å². The van der Waals surface area contributed by atoms with Crippen LogP contribution in [0.15, 0.2) is 53.4 Å². The fraction of sp³-hybridized carbons (Fsp3) is 0.409. The Kier molecular flexibility index (Phi) is 8.50. The van der Waals surface area contributed by atoms with Crippen LogP contribution in [0.5, 0.6) is 0 Å². The number of anilines is 1. The minimum Gasteiger partial charge on any atom is -0.394 e. The molecule has 3 rings (SSSR count). The number of amides is 2. The number of rotatable bonds is 8. The zero-order chi connectivity index (χ0) is 23.1. The Morgan fingerprint density at radius 2 is 1.81 bits per heavy atom. The minimum absolute atomic E-state index is 0.179. The van der Waals surface area contributed by atoms with E-state index < -0.39 is 22.2 Å². The standard InChI is InChI=1S/C22H28ClN3O5S/c1-15-2-9-19(10-3-15)32(29,30)26-20-11-8-18(31-21(20)14-27)12-13-24-22(28)25-17-6-4-16(23)5-7-17/h2-7,9-10,18,20-21,26-27H,8,11-14H2,1H3,(H2,24,25,28)/t18-,20+,21+/m1/s1. The van der Waals surface area contributed by atoms with Crippen LogP contribution in [0, 0.1) is 6.92 Å². The lowest BCUT2D eigenvalue weighted by atomic mass is 9.98. The number of aliphatic hydroxyl groups is 1. The molecule has 2 aromatic rings. The van der Waals surface area contributed by atoms with Crippen LogP contribution < -0.4 is 15.4 Å². The van der Waals surface area contributed by atoms with E-state index in [2.05, 4.69) is 15.4 Å². The molecule has 8 nitrogen and oxygen atoms in total. The maximum Gasteiger partial charge on any atom is 0.319 e. The van der Waals surface area contributed by atoms with Crippen molar-refractivity contribution >= 4 is 33.3 Å². The number of hydrogen-bond acceptors (Lipinski definition) is 5. The second-order valence-electron chi connectivity index (χ2n) is 7.77. The van der Waals surface area contributed by atoms with E-state index in [9.17, 15) is 18.3 Å². The van der Waals surface area contributed by atoms with Gasteiger partial charge in [-0.2, -0.15) is 0 Å². The van der Waals surface area contributed by atoms with Crippen LogP contribution in [-0.4, -0.2) is 51.0 Å². The van der Waals surface area contributed by atoms with Crippen molar-refractivity contribution in [2.24, 2.45) is 0 Å². The first-order valence-electron chi connectivity index (χ1n) is 10.4. The first kappa shape index (κ1) is 24.5. The van der Waals surface area contributed by atoms with Crippen LogP contribution in [0.2, 0.25) is 5.02 Å². The second-order valence-corrected chi connectivity index (χ2v) is 9.92. The number of aryl methyl sites for hydroxylation is 1. The molecule has 1 fully saturated rings. The molecule has 1 aliphatic heterocycles. The van der Waals surface area contributed by atoms with Gasteiger partial charge in [0.05, 0.1) is 29.8 Å². The minimum atomic E-state index is -3.71. The number of halogens is 1. The third-order valence-corrected chi connectivity index (χ3v) is 7.05. The van der Waals surface area contributed by atoms with Crippen molar-refractivity contribution in [2.75, 3.05) is 18.5 Å². The molecule has 0 unspecified atom stereocenters. The molecule has 2 aromatic carbocycles. The molecule has 32 heavy (non-hydrogen) atoms. The van der Waals surface area contributed by atoms with Crippen LogP contribution in [0.4, 0.5) is 10.5 Å². The van der Waals surface area contributed by atoms with Gasteiger partial charge in [-0.05, 0) is 62.6 Å². The number of hydrogen-bond donors (Lipinski definition) is 4. The van der Waals surface area contributed by atoms with Crippen molar-refractivity contribution in [2.45, 2.75) is 49.3 Å². The molecule has 0 aromatic heterocycles. The van der Waals surface area contributed by atoms with Gasteiger partial charge < -0.3 is 20.5 Å². The van der Waals surface area contributed by atoms with Crippen LogP contribution >= 0.6 is 11.6 Å². The molecule has 1 saturated heterocycles. The van der Waals surface area contributed by atoms with E-state index in [0.29, 0.717) is 36.5 Å². The molecule has 3 atom stereocenters. The van der Waals surface area contributed by atoms with E-state index in [-0.39, 0.29) is 23.6 Å². The van der Waals surface area contributed by atoms with Gasteiger partial charge in [-0.15, -0.1) is 0 Å². The Hall–Kier alpha value is -2.17. The third-order valence-electron chi connectivity index (χ3n) is 5.29. The van der Waals surface area contributed by atoms with Crippen molar-refractivity contribution in [3.8, 4) is 0 Å². The highest BCUT2D eigenvalue weighted by atomic mass is 35.5. The summed E-state index contributed by atoms with van der Waals surface area (Å²) in [5.41, 5.74) is 1.60. The number of carbonyl (C=O) groups is 1. The van der Waals surface area contributed by atoms with E-state index in [1.807, 2.05) is 6.92 Å². The van der Waals surface area contributed by atoms with Crippen LogP contribution in [0.3, 0.4) is 0 Å². The maximum absolute atomic E-state index is 12.7. The fourth-order valence-corrected chi connectivity index (χ4v) is 4.94. The Balaban J connectivity index is 1.46. The molecule has 0 aliphatic carbocycles. The summed E-state index contributed by atoms with van der Waals surface area (Å²) >= 11 is 5.83. The smallest absolute Gasteiger partial charge is 0.319 e. The second kappa shape index (κ2) is 11.1. The van der Waals surface area contributed by atoms with Gasteiger partial charge >= 0.3 is 6.03 Å². The third kappa shape index (κ3) is 6.91. The summed E-state index contributed by atoms with van der Waals surface area (Å²) in [6.45, 7) is 1.96. The number of carbonyl (C=O) groups excluding carboxylic acids is 1. The van der Waals surface area contributed by atoms with Gasteiger partial charge in [0.15, 0.2) is 0 Å². The average Bonchev–Trinajstić information content (AvgIpc) is 2.76. The van der Waals surface area contributed by atoms with Gasteiger partial charge in [0, 0.05) is 17.3 Å². The average molecular weight is 482 g/mol. The normalized spacial score (nSPS) is 21.2. The van der Waals surface area contributed by atoms with Crippen molar-refractivity contribution in [3.63, 3.8) is 0 Å². The lowest BCUT2D eigenvalue weighted by molar-refractivity contribution is -0.0871. The summed E-state index contributed by atoms with van der Waals surface area (Å²) in [6.07, 6.45) is 0.831. The molecular weight excluding hydrogens is 454 g/mol. The molecule has 174 valence electrons. The van der Waals surface area contributed by atoms with Gasteiger partial charge in [0.25, 0.3) is 0 Å². The van der Waals surface area contributed by atoms with Gasteiger partial charge in [0.2, 0.25) is 10.0 Å². The van der Waals surface area contributed by atoms with Crippen LogP contribution in [0.1, 0.15) is 24.8 Å². The highest BCUT2D eigenvalue weighted by Gasteiger charge is 2.33. The summed E-state index contributed by atoms with van der Waals surface area (Å²) in [6, 6.07) is 12.5. The summed E-state index contributed by atoms with van der Waals surface area (Å²) < 4.78 is 33.9. The number of sulfonamides is 1. The zero-order valence-electron chi connectivity index (χ0n) is 17.8. The Labute approximate surface area is 193 Å². The number of ether oxygens (including phenoxy) is 1. The quantitative estimate of drug-likeness (QED) is 0.462. The highest BCUT2D eigenvalue weighted by Crippen LogP contribution is 2.23. The van der Waals surface area contributed by atoms with Crippen LogP contribution in [-0.2, 0) is 14.8 Å². The molecule has 4 N–H and O–H groups in total. The molecule has 1 heterocycles. The predicted molar refractivity (Wildman–Crippen MR) is 123 cm³/mol. The van der Waals surface area contributed by atoms with E-state index in [4.69, 9.17) is 16.3 Å². The summed E-state index contributed by atoms with van der Waals surface area (Å²) in [5, 5.41) is 15.8. The van der Waals surface area contributed by atoms with Gasteiger partial charge in [-0.3, -0.25) is 0 Å². The number of aliphatic hydroxyl groups excluding tert-OH is 1. The van der Waals surface area contributed by atoms with Crippen molar-refractivity contribution in [1.29, 1.82) is 0 Å². The lowest BCUT2D eigenvalue weighted by Gasteiger charge is -2.36. The molecule has 10 heteroatoms. The number of nitrogens with one attached hydrogen (secondary N) is 3. The van der Waals surface area contributed by atoms with Crippen LogP contribution in [0.25, 0.3) is 0 Å². The van der Waals surface area contributed by atoms with E-state index >= 15 is 0 Å². The maximum atomic E-state index is 12.7. The SMILES string of the molecule is Cc1ccc(S(=O)(=O)N[C@H]2CC[C@H](CCNC(=O)Nc3ccc(Cl)cc3)O[C@H]2CO)cc1. The Morgan fingerprint density at radius 1 is 1.12 bits per heavy atom. The molecule has 0 bridgehead atoms. The van der Waals surface area contributed by atoms with Gasteiger partial charge in [-0.1, -0.05) is 29.3 Å². The van der Waals surface area contributed by atoms with E-state index in [1.54, 1.807) is 48.5 Å². The summed E-state index contributed by atoms with van der Waals surface area (Å²) in [5.74, 6) is 0. The molecule has 1 aliphatic rings. The molecular formula is C22H28ClN3O5S. The Morgan fingerprint density at radius 3 is 2.47 bits per heavy atom. The first-order chi connectivity index (χ1) is 15.3. The largest absolute Gasteiger partial charge is 0.394 e. The molecule has 0 saturated carbocycles. The number of urea groups is 1. The first-order valence-corrected chi connectivity index (χ1v) is 12.3. The fourth-order valence-electron chi connectivity index (χ4n) is 3.52. The molecule has 2 amide bonds. The zero-order valence-corrected chi connectivity index (χ0v) is 19.3. The molecule has 0 radical (unpaired) electrons.